The van der Waals surface area contributed by atoms with Crippen LogP contribution in [0.5, 0.6) is 0 Å². The van der Waals surface area contributed by atoms with Crippen LogP contribution in [0.4, 0.5) is 10.1 Å². The first-order valence-electron chi connectivity index (χ1n) is 9.81. The molecule has 0 fully saturated rings. The van der Waals surface area contributed by atoms with Crippen LogP contribution in [-0.4, -0.2) is 31.1 Å². The third-order valence-corrected chi connectivity index (χ3v) is 6.75. The molecule has 0 bridgehead atoms. The number of nitrogens with one attached hydrogen (secondary N) is 1. The van der Waals surface area contributed by atoms with Gasteiger partial charge in [-0.15, -0.1) is 0 Å². The fourth-order valence-corrected chi connectivity index (χ4v) is 4.57. The van der Waals surface area contributed by atoms with E-state index in [1.54, 1.807) is 30.3 Å². The van der Waals surface area contributed by atoms with E-state index in [0.717, 1.165) is 4.31 Å². The van der Waals surface area contributed by atoms with Crippen LogP contribution in [0.1, 0.15) is 11.1 Å². The topological polar surface area (TPSA) is 110 Å². The summed E-state index contributed by atoms with van der Waals surface area (Å²) in [4.78, 5) is 23.6. The molecule has 172 valence electrons. The number of carbonyl (C=O) groups excluding carboxylic acids is 2. The molecule has 3 aromatic rings. The highest BCUT2D eigenvalue weighted by Gasteiger charge is 2.27. The average Bonchev–Trinajstić information content (AvgIpc) is 2.76. The number of hydrogen-bond donors (Lipinski definition) is 2. The van der Waals surface area contributed by atoms with Crippen LogP contribution >= 0.6 is 11.6 Å². The van der Waals surface area contributed by atoms with Crippen LogP contribution < -0.4 is 11.1 Å². The van der Waals surface area contributed by atoms with Gasteiger partial charge in [-0.1, -0.05) is 41.9 Å². The van der Waals surface area contributed by atoms with Crippen molar-refractivity contribution in [2.24, 2.45) is 5.73 Å². The minimum absolute atomic E-state index is 0.0595. The Morgan fingerprint density at radius 2 is 1.61 bits per heavy atom. The number of halogens is 2. The van der Waals surface area contributed by atoms with Crippen molar-refractivity contribution in [3.05, 3.63) is 94.8 Å². The number of rotatable bonds is 9. The zero-order chi connectivity index (χ0) is 24.0. The summed E-state index contributed by atoms with van der Waals surface area (Å²) in [5.74, 6) is -1.69. The van der Waals surface area contributed by atoms with E-state index in [-0.39, 0.29) is 23.4 Å². The molecule has 0 unspecified atom stereocenters. The van der Waals surface area contributed by atoms with Crippen LogP contribution in [0, 0.1) is 5.82 Å². The van der Waals surface area contributed by atoms with E-state index < -0.39 is 34.2 Å². The van der Waals surface area contributed by atoms with Gasteiger partial charge in [0.1, 0.15) is 5.82 Å². The second kappa shape index (κ2) is 10.6. The standard InChI is InChI=1S/C23H21ClFN3O4S/c24-18-7-11-20(12-8-18)33(31,32)28(14-17-3-1-2-4-21(17)25)15-23(30)27-19-9-5-16(6-10-19)13-22(26)29/h1-12H,13-15H2,(H2,26,29)(H,27,30). The van der Waals surface area contributed by atoms with E-state index in [1.165, 1.54) is 42.5 Å². The van der Waals surface area contributed by atoms with E-state index in [4.69, 9.17) is 17.3 Å². The Bertz CT molecular complexity index is 1250. The highest BCUT2D eigenvalue weighted by atomic mass is 35.5. The van der Waals surface area contributed by atoms with Crippen LogP contribution in [0.2, 0.25) is 5.02 Å². The number of amides is 2. The minimum atomic E-state index is -4.14. The van der Waals surface area contributed by atoms with E-state index in [0.29, 0.717) is 16.3 Å². The summed E-state index contributed by atoms with van der Waals surface area (Å²) in [6.45, 7) is -0.898. The number of sulfonamides is 1. The normalized spacial score (nSPS) is 11.4. The molecule has 0 aliphatic rings. The van der Waals surface area contributed by atoms with Gasteiger partial charge in [0, 0.05) is 22.8 Å². The van der Waals surface area contributed by atoms with Crippen molar-refractivity contribution in [1.82, 2.24) is 4.31 Å². The monoisotopic (exact) mass is 489 g/mol. The van der Waals surface area contributed by atoms with Gasteiger partial charge >= 0.3 is 0 Å². The first-order chi connectivity index (χ1) is 15.6. The number of anilines is 1. The third-order valence-electron chi connectivity index (χ3n) is 4.69. The number of hydrogen-bond acceptors (Lipinski definition) is 4. The Hall–Kier alpha value is -3.27. The van der Waals surface area contributed by atoms with Gasteiger partial charge in [0.05, 0.1) is 17.9 Å². The number of nitrogens with two attached hydrogens (primary N) is 1. The molecule has 0 saturated heterocycles. The molecule has 2 amide bonds. The molecule has 10 heteroatoms. The van der Waals surface area contributed by atoms with E-state index in [2.05, 4.69) is 5.32 Å². The Morgan fingerprint density at radius 1 is 0.970 bits per heavy atom. The summed E-state index contributed by atoms with van der Waals surface area (Å²) >= 11 is 5.86. The number of primary amides is 1. The van der Waals surface area contributed by atoms with Crippen molar-refractivity contribution in [3.63, 3.8) is 0 Å². The molecule has 3 rings (SSSR count). The highest BCUT2D eigenvalue weighted by Crippen LogP contribution is 2.22. The van der Waals surface area contributed by atoms with Crippen molar-refractivity contribution in [1.29, 1.82) is 0 Å². The Balaban J connectivity index is 1.83. The lowest BCUT2D eigenvalue weighted by atomic mass is 10.1. The molecule has 0 aliphatic heterocycles. The lowest BCUT2D eigenvalue weighted by Gasteiger charge is -2.22. The SMILES string of the molecule is NC(=O)Cc1ccc(NC(=O)CN(Cc2ccccc2F)S(=O)(=O)c2ccc(Cl)cc2)cc1. The lowest BCUT2D eigenvalue weighted by Crippen LogP contribution is -2.37. The number of nitrogens with zero attached hydrogens (tertiary/aromatic N) is 1. The minimum Gasteiger partial charge on any atom is -0.369 e. The maximum atomic E-state index is 14.2. The molecule has 0 aromatic heterocycles. The zero-order valence-corrected chi connectivity index (χ0v) is 18.9. The van der Waals surface area contributed by atoms with Gasteiger partial charge < -0.3 is 11.1 Å². The second-order valence-corrected chi connectivity index (χ2v) is 9.58. The Morgan fingerprint density at radius 3 is 2.21 bits per heavy atom. The van der Waals surface area contributed by atoms with Crippen molar-refractivity contribution in [2.45, 2.75) is 17.9 Å². The summed E-state index contributed by atoms with van der Waals surface area (Å²) in [5, 5.41) is 2.96. The van der Waals surface area contributed by atoms with Gasteiger partial charge in [-0.2, -0.15) is 4.31 Å². The molecular weight excluding hydrogens is 469 g/mol. The molecule has 33 heavy (non-hydrogen) atoms. The second-order valence-electron chi connectivity index (χ2n) is 7.21. The molecular formula is C23H21ClFN3O4S. The van der Waals surface area contributed by atoms with Gasteiger partial charge in [0.2, 0.25) is 21.8 Å². The summed E-state index contributed by atoms with van der Waals surface area (Å²) in [7, 11) is -4.14. The Kier molecular flexibility index (Phi) is 7.80. The molecule has 0 saturated carbocycles. The van der Waals surface area contributed by atoms with Gasteiger partial charge in [-0.05, 0) is 48.0 Å². The third kappa shape index (κ3) is 6.61. The van der Waals surface area contributed by atoms with Gasteiger partial charge in [-0.3, -0.25) is 9.59 Å². The summed E-state index contributed by atoms with van der Waals surface area (Å²) in [6.07, 6.45) is 0.0595. The maximum absolute atomic E-state index is 14.2. The highest BCUT2D eigenvalue weighted by molar-refractivity contribution is 7.89. The quantitative estimate of drug-likeness (QED) is 0.480. The fraction of sp³-hybridized carbons (Fsp3) is 0.130. The van der Waals surface area contributed by atoms with Crippen molar-refractivity contribution in [3.8, 4) is 0 Å². The molecule has 0 radical (unpaired) electrons. The van der Waals surface area contributed by atoms with E-state index >= 15 is 0 Å². The molecule has 3 N–H and O–H groups in total. The van der Waals surface area contributed by atoms with E-state index in [9.17, 15) is 22.4 Å². The predicted octanol–water partition coefficient (Wildman–Crippen LogP) is 3.34. The summed E-state index contributed by atoms with van der Waals surface area (Å²) in [6, 6.07) is 17.6. The zero-order valence-electron chi connectivity index (χ0n) is 17.4. The smallest absolute Gasteiger partial charge is 0.243 e. The maximum Gasteiger partial charge on any atom is 0.243 e. The van der Waals surface area contributed by atoms with Gasteiger partial charge in [0.25, 0.3) is 0 Å². The lowest BCUT2D eigenvalue weighted by molar-refractivity contribution is -0.117. The molecule has 3 aromatic carbocycles. The fourth-order valence-electron chi connectivity index (χ4n) is 3.07. The first-order valence-corrected chi connectivity index (χ1v) is 11.6. The Labute approximate surface area is 196 Å². The molecule has 0 atom stereocenters. The van der Waals surface area contributed by atoms with Crippen LogP contribution in [0.3, 0.4) is 0 Å². The average molecular weight is 490 g/mol. The van der Waals surface area contributed by atoms with Crippen molar-refractivity contribution >= 4 is 39.1 Å². The molecule has 0 spiro atoms. The number of benzene rings is 3. The summed E-state index contributed by atoms with van der Waals surface area (Å²) in [5.41, 5.74) is 6.37. The largest absolute Gasteiger partial charge is 0.369 e. The van der Waals surface area contributed by atoms with E-state index in [1.807, 2.05) is 0 Å². The van der Waals surface area contributed by atoms with Crippen LogP contribution in [0.25, 0.3) is 0 Å². The molecule has 0 heterocycles. The summed E-state index contributed by atoms with van der Waals surface area (Å²) < 4.78 is 41.6. The van der Waals surface area contributed by atoms with Crippen molar-refractivity contribution in [2.75, 3.05) is 11.9 Å². The molecule has 0 aliphatic carbocycles. The van der Waals surface area contributed by atoms with Gasteiger partial charge in [0.15, 0.2) is 0 Å². The first kappa shape index (κ1) is 24.4. The van der Waals surface area contributed by atoms with Crippen LogP contribution in [0.15, 0.2) is 77.7 Å². The number of carbonyl (C=O) groups is 2. The van der Waals surface area contributed by atoms with Crippen molar-refractivity contribution < 1.29 is 22.4 Å². The predicted molar refractivity (Wildman–Crippen MR) is 123 cm³/mol. The van der Waals surface area contributed by atoms with Crippen LogP contribution in [-0.2, 0) is 32.6 Å². The van der Waals surface area contributed by atoms with Gasteiger partial charge in [-0.25, -0.2) is 12.8 Å². The molecule has 7 nitrogen and oxygen atoms in total.